The second kappa shape index (κ2) is 3.72. The number of benzene rings is 1. The molecule has 0 amide bonds. The van der Waals surface area contributed by atoms with Crippen LogP contribution in [-0.2, 0) is 14.3 Å². The van der Waals surface area contributed by atoms with Crippen LogP contribution < -0.4 is 0 Å². The Kier molecular flexibility index (Phi) is 1.84. The van der Waals surface area contributed by atoms with Gasteiger partial charge in [-0.1, -0.05) is 6.07 Å². The first-order chi connectivity index (χ1) is 7.62. The van der Waals surface area contributed by atoms with Crippen molar-refractivity contribution in [1.82, 2.24) is 0 Å². The van der Waals surface area contributed by atoms with E-state index in [0.717, 1.165) is 24.3 Å². The Morgan fingerprint density at radius 1 is 1.57 bits per heavy atom. The summed E-state index contributed by atoms with van der Waals surface area (Å²) >= 11 is 0. The molecule has 6 nitrogen and oxygen atoms in total. The molecule has 0 N–H and O–H groups in total. The highest BCUT2D eigenvalue weighted by molar-refractivity contribution is 7.86. The number of hydrogen-bond donors (Lipinski definition) is 0. The van der Waals surface area contributed by atoms with Crippen LogP contribution >= 0.6 is 0 Å². The number of rotatable bonds is 3. The molecule has 0 aliphatic heterocycles. The minimum atomic E-state index is -4.54. The molecule has 0 saturated heterocycles. The van der Waals surface area contributed by atoms with Crippen LogP contribution in [0.2, 0.25) is 0 Å². The minimum Gasteiger partial charge on any atom is -0.270 e. The van der Waals surface area contributed by atoms with Gasteiger partial charge in [-0.15, -0.1) is 0 Å². The Hall–Kier alpha value is -1.47. The van der Waals surface area contributed by atoms with Crippen molar-refractivity contribution in [3.8, 4) is 0 Å². The molecule has 0 heterocycles. The second-order valence-corrected chi connectivity index (χ2v) is 3.84. The van der Waals surface area contributed by atoms with Crippen LogP contribution in [0.25, 0.3) is 0 Å². The van der Waals surface area contributed by atoms with Crippen LogP contribution in [0, 0.1) is 10.1 Å². The van der Waals surface area contributed by atoms with Gasteiger partial charge >= 0.3 is 0 Å². The summed E-state index contributed by atoms with van der Waals surface area (Å²) in [5.74, 6) is 0. The lowest BCUT2D eigenvalue weighted by Crippen LogP contribution is -2.03. The molecule has 0 aliphatic carbocycles. The van der Waals surface area contributed by atoms with Crippen LogP contribution in [0.15, 0.2) is 29.2 Å². The maximum absolute atomic E-state index is 11.4. The quantitative estimate of drug-likeness (QED) is 0.429. The second-order valence-electron chi connectivity index (χ2n) is 2.29. The summed E-state index contributed by atoms with van der Waals surface area (Å²) in [6.07, 6.45) is 0. The van der Waals surface area contributed by atoms with Crippen molar-refractivity contribution in [2.45, 2.75) is 4.90 Å². The van der Waals surface area contributed by atoms with E-state index in [2.05, 4.69) is 4.18 Å². The van der Waals surface area contributed by atoms with Crippen molar-refractivity contribution in [3.63, 3.8) is 0 Å². The lowest BCUT2D eigenvalue weighted by molar-refractivity contribution is -0.385. The fraction of sp³-hybridized carbons (Fsp3) is 0.143. The van der Waals surface area contributed by atoms with Gasteiger partial charge in [-0.3, -0.25) is 14.3 Å². The van der Waals surface area contributed by atoms with Gasteiger partial charge in [0.25, 0.3) is 15.8 Å². The van der Waals surface area contributed by atoms with Gasteiger partial charge in [0.2, 0.25) is 0 Å². The zero-order chi connectivity index (χ0) is 13.3. The molecule has 1 aromatic carbocycles. The van der Waals surface area contributed by atoms with Crippen molar-refractivity contribution in [3.05, 3.63) is 34.4 Å². The zero-order valence-corrected chi connectivity index (χ0v) is 7.52. The third-order valence-corrected chi connectivity index (χ3v) is 2.48. The first-order valence-corrected chi connectivity index (χ1v) is 4.73. The molecule has 0 radical (unpaired) electrons. The van der Waals surface area contributed by atoms with Crippen LogP contribution in [-0.4, -0.2) is 20.4 Å². The highest BCUT2D eigenvalue weighted by atomic mass is 32.2. The smallest absolute Gasteiger partial charge is 0.270 e. The molecule has 14 heavy (non-hydrogen) atoms. The van der Waals surface area contributed by atoms with Crippen LogP contribution in [0.5, 0.6) is 0 Å². The SMILES string of the molecule is [2H]C([2H])([2H])OS(=O)(=O)c1cccc([N+](=O)[O-])c1. The van der Waals surface area contributed by atoms with E-state index in [-0.39, 0.29) is 0 Å². The summed E-state index contributed by atoms with van der Waals surface area (Å²) in [6, 6.07) is 3.93. The molecule has 0 aromatic heterocycles. The van der Waals surface area contributed by atoms with Gasteiger partial charge in [0.05, 0.1) is 16.1 Å². The van der Waals surface area contributed by atoms with E-state index in [1.807, 2.05) is 0 Å². The fourth-order valence-electron chi connectivity index (χ4n) is 0.801. The molecule has 0 bridgehead atoms. The van der Waals surface area contributed by atoms with Gasteiger partial charge in [-0.2, -0.15) is 8.42 Å². The molecule has 0 aliphatic rings. The topological polar surface area (TPSA) is 86.5 Å². The van der Waals surface area contributed by atoms with Gasteiger partial charge in [-0.25, -0.2) is 0 Å². The summed E-state index contributed by atoms with van der Waals surface area (Å²) < 4.78 is 46.8. The summed E-state index contributed by atoms with van der Waals surface area (Å²) in [7, 11) is -7.68. The number of hydrogen-bond acceptors (Lipinski definition) is 5. The van der Waals surface area contributed by atoms with E-state index in [1.165, 1.54) is 0 Å². The maximum Gasteiger partial charge on any atom is 0.296 e. The summed E-state index contributed by atoms with van der Waals surface area (Å²) in [4.78, 5) is 9.05. The van der Waals surface area contributed by atoms with Crippen LogP contribution in [0.3, 0.4) is 0 Å². The highest BCUT2D eigenvalue weighted by Gasteiger charge is 2.16. The summed E-state index contributed by atoms with van der Waals surface area (Å²) in [6.45, 7) is 0. The van der Waals surface area contributed by atoms with Crippen molar-refractivity contribution in [2.75, 3.05) is 7.04 Å². The molecular formula is C7H7NO5S. The third-order valence-electron chi connectivity index (χ3n) is 1.43. The predicted octanol–water partition coefficient (Wildman–Crippen LogP) is 0.930. The molecular weight excluding hydrogens is 210 g/mol. The Morgan fingerprint density at radius 3 is 2.86 bits per heavy atom. The number of nitro groups is 1. The number of non-ortho nitro benzene ring substituents is 1. The van der Waals surface area contributed by atoms with E-state index in [4.69, 9.17) is 4.11 Å². The molecule has 0 unspecified atom stereocenters. The Morgan fingerprint density at radius 2 is 2.29 bits per heavy atom. The normalized spacial score (nSPS) is 15.3. The largest absolute Gasteiger partial charge is 0.296 e. The number of nitro benzene ring substituents is 1. The third kappa shape index (κ3) is 2.06. The first-order valence-electron chi connectivity index (χ1n) is 4.82. The van der Waals surface area contributed by atoms with E-state index >= 15 is 0 Å². The minimum absolute atomic E-state index is 0.472. The average molecular weight is 220 g/mol. The molecule has 0 spiro atoms. The number of nitrogens with zero attached hydrogens (tertiary/aromatic N) is 1. The van der Waals surface area contributed by atoms with E-state index in [9.17, 15) is 18.5 Å². The molecule has 0 saturated carbocycles. The maximum atomic E-state index is 11.4. The van der Waals surface area contributed by atoms with E-state index < -0.39 is 32.7 Å². The molecule has 1 aromatic rings. The van der Waals surface area contributed by atoms with Gasteiger partial charge in [0.1, 0.15) is 4.90 Å². The van der Waals surface area contributed by atoms with Crippen LogP contribution in [0.1, 0.15) is 4.11 Å². The summed E-state index contributed by atoms with van der Waals surface area (Å²) in [5.41, 5.74) is -0.472. The van der Waals surface area contributed by atoms with E-state index in [0.29, 0.717) is 0 Å². The first kappa shape index (κ1) is 6.91. The van der Waals surface area contributed by atoms with Crippen LogP contribution in [0.4, 0.5) is 5.69 Å². The van der Waals surface area contributed by atoms with E-state index in [1.54, 1.807) is 0 Å². The van der Waals surface area contributed by atoms with Crippen molar-refractivity contribution in [2.24, 2.45) is 0 Å². The predicted molar refractivity (Wildman–Crippen MR) is 47.3 cm³/mol. The van der Waals surface area contributed by atoms with Gasteiger partial charge < -0.3 is 0 Å². The highest BCUT2D eigenvalue weighted by Crippen LogP contribution is 2.18. The zero-order valence-electron chi connectivity index (χ0n) is 9.71. The standard InChI is InChI=1S/C7H7NO5S/c1-13-14(11,12)7-4-2-3-6(5-7)8(9)10/h2-5H,1H3/i1D3. The molecule has 0 fully saturated rings. The molecule has 7 heteroatoms. The molecule has 0 atom stereocenters. The average Bonchev–Trinajstić information content (AvgIpc) is 2.14. The Labute approximate surface area is 84.6 Å². The fourth-order valence-corrected chi connectivity index (χ4v) is 1.41. The summed E-state index contributed by atoms with van der Waals surface area (Å²) in [5, 5.41) is 10.4. The molecule has 76 valence electrons. The lowest BCUT2D eigenvalue weighted by atomic mass is 10.3. The Balaban J connectivity index is 3.16. The van der Waals surface area contributed by atoms with Crippen molar-refractivity contribution >= 4 is 15.8 Å². The Bertz CT molecular complexity index is 539. The lowest BCUT2D eigenvalue weighted by Gasteiger charge is -1.99. The van der Waals surface area contributed by atoms with Gasteiger partial charge in [0, 0.05) is 12.1 Å². The van der Waals surface area contributed by atoms with Crippen molar-refractivity contribution < 1.29 is 21.6 Å². The molecule has 1 rings (SSSR count). The monoisotopic (exact) mass is 220 g/mol. The van der Waals surface area contributed by atoms with Crippen molar-refractivity contribution in [1.29, 1.82) is 0 Å². The van der Waals surface area contributed by atoms with Gasteiger partial charge in [-0.05, 0) is 6.07 Å². The van der Waals surface area contributed by atoms with Gasteiger partial charge in [0.15, 0.2) is 0 Å².